The summed E-state index contributed by atoms with van der Waals surface area (Å²) in [6.45, 7) is 0. The SMILES string of the molecule is O=C(NN1C(=O)C(=Cc2cccc(Br)c2)SC1=S)c1cccc(Cl)c1. The van der Waals surface area contributed by atoms with Gasteiger partial charge in [-0.3, -0.25) is 15.0 Å². The topological polar surface area (TPSA) is 49.4 Å². The summed E-state index contributed by atoms with van der Waals surface area (Å²) >= 11 is 15.6. The summed E-state index contributed by atoms with van der Waals surface area (Å²) in [5.41, 5.74) is 3.73. The summed E-state index contributed by atoms with van der Waals surface area (Å²) in [7, 11) is 0. The van der Waals surface area contributed by atoms with E-state index in [9.17, 15) is 9.59 Å². The average Bonchev–Trinajstić information content (AvgIpc) is 2.82. The smallest absolute Gasteiger partial charge is 0.267 e. The van der Waals surface area contributed by atoms with Gasteiger partial charge < -0.3 is 0 Å². The molecule has 0 saturated carbocycles. The number of thiocarbonyl (C=S) groups is 1. The second-order valence-corrected chi connectivity index (χ2v) is 8.05. The molecule has 4 nitrogen and oxygen atoms in total. The van der Waals surface area contributed by atoms with Crippen LogP contribution in [0, 0.1) is 0 Å². The van der Waals surface area contributed by atoms with E-state index < -0.39 is 5.91 Å². The Morgan fingerprint density at radius 2 is 2.00 bits per heavy atom. The van der Waals surface area contributed by atoms with Gasteiger partial charge in [-0.05, 0) is 54.2 Å². The molecule has 0 aromatic heterocycles. The second-order valence-electron chi connectivity index (χ2n) is 5.02. The molecule has 0 spiro atoms. The summed E-state index contributed by atoms with van der Waals surface area (Å²) in [5, 5.41) is 1.51. The standard InChI is InChI=1S/C17H10BrClN2O2S2/c18-12-5-1-3-10(7-12)8-14-16(23)21(17(24)25-14)20-15(22)11-4-2-6-13(19)9-11/h1-9H,(H,20,22). The number of hydrazine groups is 1. The van der Waals surface area contributed by atoms with E-state index in [1.54, 1.807) is 24.3 Å². The molecule has 25 heavy (non-hydrogen) atoms. The number of amides is 2. The summed E-state index contributed by atoms with van der Waals surface area (Å²) in [4.78, 5) is 25.3. The number of rotatable bonds is 3. The van der Waals surface area contributed by atoms with Crippen LogP contribution in [0.4, 0.5) is 0 Å². The molecule has 2 aromatic rings. The fraction of sp³-hybridized carbons (Fsp3) is 0. The summed E-state index contributed by atoms with van der Waals surface area (Å²) < 4.78 is 1.17. The Morgan fingerprint density at radius 3 is 2.72 bits per heavy atom. The number of benzene rings is 2. The molecule has 126 valence electrons. The molecule has 1 fully saturated rings. The van der Waals surface area contributed by atoms with Crippen LogP contribution in [0.5, 0.6) is 0 Å². The first-order valence-electron chi connectivity index (χ1n) is 7.04. The van der Waals surface area contributed by atoms with Gasteiger partial charge in [0.15, 0.2) is 4.32 Å². The maximum Gasteiger partial charge on any atom is 0.285 e. The maximum absolute atomic E-state index is 12.5. The summed E-state index contributed by atoms with van der Waals surface area (Å²) in [6.07, 6.45) is 1.73. The predicted molar refractivity (Wildman–Crippen MR) is 108 cm³/mol. The largest absolute Gasteiger partial charge is 0.285 e. The third-order valence-electron chi connectivity index (χ3n) is 3.24. The second kappa shape index (κ2) is 7.70. The van der Waals surface area contributed by atoms with E-state index in [0.29, 0.717) is 15.5 Å². The van der Waals surface area contributed by atoms with Crippen LogP contribution in [0.15, 0.2) is 57.9 Å². The number of carbonyl (C=O) groups is 2. The predicted octanol–water partition coefficient (Wildman–Crippen LogP) is 4.65. The first-order chi connectivity index (χ1) is 11.9. The van der Waals surface area contributed by atoms with Gasteiger partial charge in [-0.15, -0.1) is 0 Å². The molecule has 0 aliphatic carbocycles. The summed E-state index contributed by atoms with van der Waals surface area (Å²) in [6, 6.07) is 14.0. The van der Waals surface area contributed by atoms with Crippen molar-refractivity contribution < 1.29 is 9.59 Å². The van der Waals surface area contributed by atoms with Gasteiger partial charge in [0.1, 0.15) is 0 Å². The fourth-order valence-electron chi connectivity index (χ4n) is 2.11. The van der Waals surface area contributed by atoms with Crippen LogP contribution in [0.3, 0.4) is 0 Å². The van der Waals surface area contributed by atoms with E-state index >= 15 is 0 Å². The van der Waals surface area contributed by atoms with Crippen molar-refractivity contribution in [3.8, 4) is 0 Å². The number of carbonyl (C=O) groups excluding carboxylic acids is 2. The van der Waals surface area contributed by atoms with Crippen molar-refractivity contribution in [1.29, 1.82) is 0 Å². The number of thioether (sulfide) groups is 1. The Hall–Kier alpha value is -1.67. The number of nitrogens with one attached hydrogen (secondary N) is 1. The van der Waals surface area contributed by atoms with E-state index in [4.69, 9.17) is 23.8 Å². The maximum atomic E-state index is 12.5. The van der Waals surface area contributed by atoms with Crippen molar-refractivity contribution >= 4 is 73.7 Å². The number of hydrogen-bond donors (Lipinski definition) is 1. The molecule has 8 heteroatoms. The molecule has 2 aromatic carbocycles. The highest BCUT2D eigenvalue weighted by Gasteiger charge is 2.33. The van der Waals surface area contributed by atoms with Crippen molar-refractivity contribution in [3.05, 3.63) is 74.1 Å². The lowest BCUT2D eigenvalue weighted by Crippen LogP contribution is -2.44. The molecule has 0 atom stereocenters. The van der Waals surface area contributed by atoms with Crippen LogP contribution >= 0.6 is 51.5 Å². The van der Waals surface area contributed by atoms with E-state index in [0.717, 1.165) is 26.8 Å². The van der Waals surface area contributed by atoms with Gasteiger partial charge in [-0.25, -0.2) is 0 Å². The highest BCUT2D eigenvalue weighted by molar-refractivity contribution is 9.10. The van der Waals surface area contributed by atoms with Crippen LogP contribution < -0.4 is 5.43 Å². The highest BCUT2D eigenvalue weighted by Crippen LogP contribution is 2.31. The van der Waals surface area contributed by atoms with E-state index in [2.05, 4.69) is 21.4 Å². The molecule has 1 aliphatic heterocycles. The van der Waals surface area contributed by atoms with Crippen molar-refractivity contribution in [2.45, 2.75) is 0 Å². The Labute approximate surface area is 167 Å². The zero-order chi connectivity index (χ0) is 18.0. The number of hydrogen-bond acceptors (Lipinski definition) is 4. The molecule has 0 unspecified atom stereocenters. The molecular weight excluding hydrogens is 444 g/mol. The normalized spacial score (nSPS) is 15.8. The molecule has 0 bridgehead atoms. The van der Waals surface area contributed by atoms with Gasteiger partial charge in [0, 0.05) is 15.1 Å². The molecule has 1 saturated heterocycles. The number of halogens is 2. The third kappa shape index (κ3) is 4.30. The molecule has 2 amide bonds. The first kappa shape index (κ1) is 18.1. The zero-order valence-electron chi connectivity index (χ0n) is 12.5. The monoisotopic (exact) mass is 452 g/mol. The number of nitrogens with zero attached hydrogens (tertiary/aromatic N) is 1. The van der Waals surface area contributed by atoms with Crippen molar-refractivity contribution in [2.75, 3.05) is 0 Å². The van der Waals surface area contributed by atoms with Crippen molar-refractivity contribution in [2.24, 2.45) is 0 Å². The van der Waals surface area contributed by atoms with Gasteiger partial charge in [0.25, 0.3) is 11.8 Å². The van der Waals surface area contributed by atoms with Crippen LogP contribution in [0.25, 0.3) is 6.08 Å². The van der Waals surface area contributed by atoms with Crippen molar-refractivity contribution in [3.63, 3.8) is 0 Å². The zero-order valence-corrected chi connectivity index (χ0v) is 16.5. The lowest BCUT2D eigenvalue weighted by molar-refractivity contribution is -0.123. The van der Waals surface area contributed by atoms with Gasteiger partial charge in [0.05, 0.1) is 4.91 Å². The van der Waals surface area contributed by atoms with Gasteiger partial charge in [-0.2, -0.15) is 5.01 Å². The van der Waals surface area contributed by atoms with Gasteiger partial charge in [0.2, 0.25) is 0 Å². The lowest BCUT2D eigenvalue weighted by atomic mass is 10.2. The Morgan fingerprint density at radius 1 is 1.24 bits per heavy atom. The Kier molecular flexibility index (Phi) is 5.58. The fourth-order valence-corrected chi connectivity index (χ4v) is 3.89. The van der Waals surface area contributed by atoms with E-state index in [1.807, 2.05) is 24.3 Å². The molecule has 0 radical (unpaired) electrons. The quantitative estimate of drug-likeness (QED) is 0.543. The Bertz CT molecular complexity index is 917. The minimum absolute atomic E-state index is 0.265. The summed E-state index contributed by atoms with van der Waals surface area (Å²) in [5.74, 6) is -0.826. The van der Waals surface area contributed by atoms with E-state index in [-0.39, 0.29) is 10.2 Å². The van der Waals surface area contributed by atoms with Crippen LogP contribution in [-0.2, 0) is 4.79 Å². The molecule has 1 heterocycles. The van der Waals surface area contributed by atoms with Crippen LogP contribution in [-0.4, -0.2) is 21.1 Å². The van der Waals surface area contributed by atoms with E-state index in [1.165, 1.54) is 6.07 Å². The van der Waals surface area contributed by atoms with Crippen LogP contribution in [0.2, 0.25) is 5.02 Å². The van der Waals surface area contributed by atoms with Gasteiger partial charge in [-0.1, -0.05) is 57.5 Å². The third-order valence-corrected chi connectivity index (χ3v) is 5.27. The Balaban J connectivity index is 1.78. The van der Waals surface area contributed by atoms with Crippen LogP contribution in [0.1, 0.15) is 15.9 Å². The first-order valence-corrected chi connectivity index (χ1v) is 9.44. The molecule has 1 N–H and O–H groups in total. The molecular formula is C17H10BrClN2O2S2. The van der Waals surface area contributed by atoms with Crippen molar-refractivity contribution in [1.82, 2.24) is 10.4 Å². The highest BCUT2D eigenvalue weighted by atomic mass is 79.9. The average molecular weight is 454 g/mol. The van der Waals surface area contributed by atoms with Gasteiger partial charge >= 0.3 is 0 Å². The molecule has 3 rings (SSSR count). The minimum atomic E-state index is -0.456. The minimum Gasteiger partial charge on any atom is -0.267 e. The molecule has 1 aliphatic rings. The lowest BCUT2D eigenvalue weighted by Gasteiger charge is -2.15.